The van der Waals surface area contributed by atoms with E-state index in [-0.39, 0.29) is 18.4 Å². The fourth-order valence-corrected chi connectivity index (χ4v) is 4.66. The molecule has 206 valence electrons. The number of halogens is 3. The van der Waals surface area contributed by atoms with Gasteiger partial charge in [-0.05, 0) is 53.8 Å². The van der Waals surface area contributed by atoms with Gasteiger partial charge < -0.3 is 24.5 Å². The molecular weight excluding hydrogens is 515 g/mol. The third-order valence-corrected chi connectivity index (χ3v) is 6.79. The molecule has 1 aromatic heterocycles. The van der Waals surface area contributed by atoms with E-state index in [0.717, 1.165) is 56.1 Å². The van der Waals surface area contributed by atoms with Crippen molar-refractivity contribution in [2.45, 2.75) is 25.2 Å². The fraction of sp³-hybridized carbons (Fsp3) is 0.370. The maximum Gasteiger partial charge on any atom is 0.416 e. The number of ether oxygens (including phenoxy) is 2. The molecule has 0 unspecified atom stereocenters. The molecule has 39 heavy (non-hydrogen) atoms. The number of fused-ring (bicyclic) bond motifs is 1. The van der Waals surface area contributed by atoms with Gasteiger partial charge in [-0.1, -0.05) is 24.3 Å². The summed E-state index contributed by atoms with van der Waals surface area (Å²) in [5, 5.41) is 10.9. The van der Waals surface area contributed by atoms with Gasteiger partial charge >= 0.3 is 18.0 Å². The summed E-state index contributed by atoms with van der Waals surface area (Å²) in [6.45, 7) is 6.75. The summed E-state index contributed by atoms with van der Waals surface area (Å²) in [4.78, 5) is 18.8. The number of aromatic nitrogens is 2. The molecule has 2 aliphatic rings. The van der Waals surface area contributed by atoms with Gasteiger partial charge in [0.2, 0.25) is 0 Å². The lowest BCUT2D eigenvalue weighted by molar-refractivity contribution is -0.389. The zero-order valence-electron chi connectivity index (χ0n) is 21.3. The first-order valence-corrected chi connectivity index (χ1v) is 12.5. The minimum absolute atomic E-state index is 0.220. The minimum atomic E-state index is -4.32. The van der Waals surface area contributed by atoms with Crippen LogP contribution in [0.2, 0.25) is 0 Å². The molecule has 0 amide bonds. The van der Waals surface area contributed by atoms with Gasteiger partial charge in [0, 0.05) is 43.4 Å². The van der Waals surface area contributed by atoms with E-state index in [4.69, 9.17) is 9.47 Å². The molecule has 2 aromatic carbocycles. The molecule has 12 heteroatoms. The largest absolute Gasteiger partial charge is 0.489 e. The summed E-state index contributed by atoms with van der Waals surface area (Å²) in [6, 6.07) is 13.2. The van der Waals surface area contributed by atoms with Crippen molar-refractivity contribution >= 4 is 17.6 Å². The second-order valence-electron chi connectivity index (χ2n) is 9.91. The van der Waals surface area contributed by atoms with E-state index in [1.807, 2.05) is 43.3 Å². The number of hydrogen-bond donors (Lipinski definition) is 0. The molecule has 5 rings (SSSR count). The van der Waals surface area contributed by atoms with Crippen LogP contribution >= 0.6 is 0 Å². The molecule has 0 saturated carbocycles. The summed E-state index contributed by atoms with van der Waals surface area (Å²) in [5.41, 5.74) is 0.523. The molecule has 3 aromatic rings. The number of piperazine rings is 1. The van der Waals surface area contributed by atoms with Gasteiger partial charge in [0.1, 0.15) is 18.6 Å². The van der Waals surface area contributed by atoms with Crippen molar-refractivity contribution in [1.29, 1.82) is 0 Å². The molecule has 1 saturated heterocycles. The Bertz CT molecular complexity index is 1310. The van der Waals surface area contributed by atoms with Crippen molar-refractivity contribution in [3.8, 4) is 11.8 Å². The zero-order chi connectivity index (χ0) is 27.6. The average Bonchev–Trinajstić information content (AvgIpc) is 3.44. The Balaban J connectivity index is 1.05. The van der Waals surface area contributed by atoms with Crippen LogP contribution in [-0.2, 0) is 12.7 Å². The van der Waals surface area contributed by atoms with E-state index in [1.54, 1.807) is 4.57 Å². The molecule has 9 nitrogen and oxygen atoms in total. The molecular formula is C27H28F3N5O4. The quantitative estimate of drug-likeness (QED) is 0.296. The van der Waals surface area contributed by atoms with Crippen LogP contribution in [-0.4, -0.2) is 64.3 Å². The standard InChI is InChI=1S/C27H28F3N5O4/c1-26(18-34-17-24(35(36)37)31-25(34)39-26)19-38-23-10-8-22(9-11-23)33-15-13-32(14-16-33)12-2-3-20-4-6-21(7-5-20)27(28,29)30/h2-11,17H,12-16,18-19H2,1H3/t26-/m1/s1. The van der Waals surface area contributed by atoms with Crippen LogP contribution in [0.5, 0.6) is 11.8 Å². The van der Waals surface area contributed by atoms with Crippen molar-refractivity contribution < 1.29 is 27.6 Å². The molecule has 1 atom stereocenters. The van der Waals surface area contributed by atoms with Crippen LogP contribution in [0.3, 0.4) is 0 Å². The number of imidazole rings is 1. The van der Waals surface area contributed by atoms with Crippen molar-refractivity contribution in [3.05, 3.63) is 82.0 Å². The Kier molecular flexibility index (Phi) is 7.21. The topological polar surface area (TPSA) is 85.9 Å². The van der Waals surface area contributed by atoms with Gasteiger partial charge in [0.05, 0.1) is 12.1 Å². The first-order valence-electron chi connectivity index (χ1n) is 12.5. The molecule has 0 radical (unpaired) electrons. The average molecular weight is 544 g/mol. The monoisotopic (exact) mass is 543 g/mol. The SMILES string of the molecule is C[C@]1(COc2ccc(N3CCN(CC=Cc4ccc(C(F)(F)F)cc4)CC3)cc2)Cn2cc([N+](=O)[O-])nc2O1. The van der Waals surface area contributed by atoms with Crippen LogP contribution in [0, 0.1) is 10.1 Å². The van der Waals surface area contributed by atoms with Crippen molar-refractivity contribution in [1.82, 2.24) is 14.5 Å². The third-order valence-electron chi connectivity index (χ3n) is 6.79. The molecule has 0 spiro atoms. The van der Waals surface area contributed by atoms with Gasteiger partial charge in [0.15, 0.2) is 5.60 Å². The highest BCUT2D eigenvalue weighted by Gasteiger charge is 2.41. The van der Waals surface area contributed by atoms with E-state index < -0.39 is 22.3 Å². The van der Waals surface area contributed by atoms with Crippen molar-refractivity contribution in [2.24, 2.45) is 0 Å². The summed E-state index contributed by atoms with van der Waals surface area (Å²) >= 11 is 0. The predicted molar refractivity (Wildman–Crippen MR) is 139 cm³/mol. The highest BCUT2D eigenvalue weighted by molar-refractivity contribution is 5.51. The van der Waals surface area contributed by atoms with Crippen LogP contribution in [0.25, 0.3) is 6.08 Å². The summed E-state index contributed by atoms with van der Waals surface area (Å²) < 4.78 is 51.5. The second-order valence-corrected chi connectivity index (χ2v) is 9.91. The van der Waals surface area contributed by atoms with E-state index in [1.165, 1.54) is 18.3 Å². The van der Waals surface area contributed by atoms with Gasteiger partial charge in [-0.25, -0.2) is 0 Å². The lowest BCUT2D eigenvalue weighted by atomic mass is 10.1. The summed E-state index contributed by atoms with van der Waals surface area (Å²) in [5.74, 6) is 0.463. The Morgan fingerprint density at radius 1 is 1.10 bits per heavy atom. The number of alkyl halides is 3. The minimum Gasteiger partial charge on any atom is -0.489 e. The van der Waals surface area contributed by atoms with E-state index >= 15 is 0 Å². The number of rotatable bonds is 8. The Morgan fingerprint density at radius 3 is 2.41 bits per heavy atom. The van der Waals surface area contributed by atoms with E-state index in [0.29, 0.717) is 12.3 Å². The lowest BCUT2D eigenvalue weighted by Crippen LogP contribution is -2.46. The third kappa shape index (κ3) is 6.33. The molecule has 0 aliphatic carbocycles. The van der Waals surface area contributed by atoms with Gasteiger partial charge in [0.25, 0.3) is 0 Å². The number of benzene rings is 2. The summed E-state index contributed by atoms with van der Waals surface area (Å²) in [7, 11) is 0. The zero-order valence-corrected chi connectivity index (χ0v) is 21.3. The smallest absolute Gasteiger partial charge is 0.416 e. The first-order chi connectivity index (χ1) is 18.6. The van der Waals surface area contributed by atoms with E-state index in [9.17, 15) is 23.3 Å². The van der Waals surface area contributed by atoms with Crippen LogP contribution in [0.1, 0.15) is 18.1 Å². The Labute approximate surface area is 223 Å². The number of hydrogen-bond acceptors (Lipinski definition) is 7. The Hall–Kier alpha value is -4.06. The number of nitrogens with zero attached hydrogens (tertiary/aromatic N) is 5. The van der Waals surface area contributed by atoms with Gasteiger partial charge in [-0.3, -0.25) is 9.47 Å². The van der Waals surface area contributed by atoms with Crippen LogP contribution in [0.4, 0.5) is 24.7 Å². The van der Waals surface area contributed by atoms with E-state index in [2.05, 4.69) is 14.8 Å². The predicted octanol–water partition coefficient (Wildman–Crippen LogP) is 4.88. The van der Waals surface area contributed by atoms with Crippen molar-refractivity contribution in [2.75, 3.05) is 44.2 Å². The molecule has 0 N–H and O–H groups in total. The molecule has 2 aliphatic heterocycles. The normalized spacial score (nSPS) is 19.7. The fourth-order valence-electron chi connectivity index (χ4n) is 4.66. The van der Waals surface area contributed by atoms with Crippen LogP contribution < -0.4 is 14.4 Å². The lowest BCUT2D eigenvalue weighted by Gasteiger charge is -2.35. The van der Waals surface area contributed by atoms with Crippen LogP contribution in [0.15, 0.2) is 60.8 Å². The Morgan fingerprint density at radius 2 is 1.79 bits per heavy atom. The molecule has 1 fully saturated rings. The van der Waals surface area contributed by atoms with Crippen molar-refractivity contribution in [3.63, 3.8) is 0 Å². The molecule has 3 heterocycles. The maximum atomic E-state index is 12.7. The number of nitro groups is 1. The first kappa shape index (κ1) is 26.5. The maximum absolute atomic E-state index is 12.7. The van der Waals surface area contributed by atoms with Gasteiger partial charge in [-0.2, -0.15) is 13.2 Å². The number of anilines is 1. The second kappa shape index (κ2) is 10.6. The summed E-state index contributed by atoms with van der Waals surface area (Å²) in [6.07, 6.45) is 0.872. The highest BCUT2D eigenvalue weighted by atomic mass is 19.4. The molecule has 0 bridgehead atoms. The van der Waals surface area contributed by atoms with Gasteiger partial charge in [-0.15, -0.1) is 0 Å². The highest BCUT2D eigenvalue weighted by Crippen LogP contribution is 2.32.